The second-order valence-electron chi connectivity index (χ2n) is 5.26. The SMILES string of the molecule is C/C(=C/c1cccc(C)c1)CC1CCCCN1. The van der Waals surface area contributed by atoms with Gasteiger partial charge < -0.3 is 5.32 Å². The lowest BCUT2D eigenvalue weighted by atomic mass is 9.97. The molecule has 1 heterocycles. The zero-order chi connectivity index (χ0) is 12.1. The van der Waals surface area contributed by atoms with E-state index in [1.54, 1.807) is 0 Å². The molecule has 1 atom stereocenters. The summed E-state index contributed by atoms with van der Waals surface area (Å²) < 4.78 is 0. The molecule has 0 aliphatic carbocycles. The largest absolute Gasteiger partial charge is 0.314 e. The highest BCUT2D eigenvalue weighted by Gasteiger charge is 2.12. The van der Waals surface area contributed by atoms with Gasteiger partial charge in [-0.15, -0.1) is 0 Å². The van der Waals surface area contributed by atoms with Crippen LogP contribution in [-0.4, -0.2) is 12.6 Å². The summed E-state index contributed by atoms with van der Waals surface area (Å²) >= 11 is 0. The van der Waals surface area contributed by atoms with Gasteiger partial charge in [0, 0.05) is 6.04 Å². The molecular weight excluding hydrogens is 206 g/mol. The van der Waals surface area contributed by atoms with Crippen LogP contribution in [-0.2, 0) is 0 Å². The maximum atomic E-state index is 3.61. The molecule has 1 unspecified atom stereocenters. The lowest BCUT2D eigenvalue weighted by molar-refractivity contribution is 0.399. The molecule has 0 spiro atoms. The number of hydrogen-bond donors (Lipinski definition) is 1. The third-order valence-corrected chi connectivity index (χ3v) is 3.44. The Hall–Kier alpha value is -1.08. The van der Waals surface area contributed by atoms with Crippen LogP contribution in [0.5, 0.6) is 0 Å². The van der Waals surface area contributed by atoms with Crippen molar-refractivity contribution in [2.24, 2.45) is 0 Å². The van der Waals surface area contributed by atoms with Gasteiger partial charge in [0.25, 0.3) is 0 Å². The van der Waals surface area contributed by atoms with Crippen LogP contribution in [0.1, 0.15) is 43.7 Å². The molecule has 17 heavy (non-hydrogen) atoms. The summed E-state index contributed by atoms with van der Waals surface area (Å²) in [4.78, 5) is 0. The zero-order valence-corrected chi connectivity index (χ0v) is 11.0. The summed E-state index contributed by atoms with van der Waals surface area (Å²) in [7, 11) is 0. The van der Waals surface area contributed by atoms with Crippen molar-refractivity contribution in [3.63, 3.8) is 0 Å². The number of nitrogens with one attached hydrogen (secondary N) is 1. The maximum absolute atomic E-state index is 3.61. The lowest BCUT2D eigenvalue weighted by Gasteiger charge is -2.23. The van der Waals surface area contributed by atoms with Crippen LogP contribution in [0.3, 0.4) is 0 Å². The third kappa shape index (κ3) is 4.01. The predicted molar refractivity (Wildman–Crippen MR) is 75.1 cm³/mol. The summed E-state index contributed by atoms with van der Waals surface area (Å²) in [6.07, 6.45) is 7.57. The molecule has 2 rings (SSSR count). The minimum Gasteiger partial charge on any atom is -0.314 e. The van der Waals surface area contributed by atoms with E-state index in [-0.39, 0.29) is 0 Å². The van der Waals surface area contributed by atoms with Gasteiger partial charge in [-0.3, -0.25) is 0 Å². The molecule has 0 amide bonds. The number of aryl methyl sites for hydroxylation is 1. The number of piperidine rings is 1. The Labute approximate surface area is 105 Å². The molecule has 1 aliphatic heterocycles. The van der Waals surface area contributed by atoms with Crippen LogP contribution in [0.25, 0.3) is 6.08 Å². The average Bonchev–Trinajstić information content (AvgIpc) is 2.30. The van der Waals surface area contributed by atoms with E-state index in [4.69, 9.17) is 0 Å². The third-order valence-electron chi connectivity index (χ3n) is 3.44. The smallest absolute Gasteiger partial charge is 0.0104 e. The summed E-state index contributed by atoms with van der Waals surface area (Å²) in [6, 6.07) is 9.41. The number of hydrogen-bond acceptors (Lipinski definition) is 1. The molecular formula is C16H23N. The molecule has 1 heteroatoms. The Morgan fingerprint density at radius 3 is 3.00 bits per heavy atom. The van der Waals surface area contributed by atoms with Crippen molar-refractivity contribution in [3.8, 4) is 0 Å². The van der Waals surface area contributed by atoms with Crippen LogP contribution < -0.4 is 5.32 Å². The van der Waals surface area contributed by atoms with Gasteiger partial charge in [0.15, 0.2) is 0 Å². The molecule has 1 aliphatic rings. The summed E-state index contributed by atoms with van der Waals surface area (Å²) in [5.41, 5.74) is 4.15. The van der Waals surface area contributed by atoms with Crippen LogP contribution in [0.15, 0.2) is 29.8 Å². The summed E-state index contributed by atoms with van der Waals surface area (Å²) in [5.74, 6) is 0. The minimum atomic E-state index is 0.699. The normalized spacial score (nSPS) is 21.5. The van der Waals surface area contributed by atoms with E-state index in [1.807, 2.05) is 0 Å². The fraction of sp³-hybridized carbons (Fsp3) is 0.500. The van der Waals surface area contributed by atoms with Crippen molar-refractivity contribution in [1.29, 1.82) is 0 Å². The molecule has 92 valence electrons. The van der Waals surface area contributed by atoms with Gasteiger partial charge in [0.1, 0.15) is 0 Å². The zero-order valence-electron chi connectivity index (χ0n) is 11.0. The summed E-state index contributed by atoms with van der Waals surface area (Å²) in [6.45, 7) is 5.59. The standard InChI is InChI=1S/C16H23N/c1-13-6-5-7-15(10-13)11-14(2)12-16-8-3-4-9-17-16/h5-7,10-11,16-17H,3-4,8-9,12H2,1-2H3/b14-11-. The van der Waals surface area contributed by atoms with Gasteiger partial charge in [-0.25, -0.2) is 0 Å². The van der Waals surface area contributed by atoms with Crippen molar-refractivity contribution < 1.29 is 0 Å². The van der Waals surface area contributed by atoms with E-state index in [9.17, 15) is 0 Å². The van der Waals surface area contributed by atoms with E-state index >= 15 is 0 Å². The fourth-order valence-corrected chi connectivity index (χ4v) is 2.59. The van der Waals surface area contributed by atoms with E-state index < -0.39 is 0 Å². The number of benzene rings is 1. The van der Waals surface area contributed by atoms with E-state index in [0.717, 1.165) is 0 Å². The van der Waals surface area contributed by atoms with Crippen LogP contribution in [0.4, 0.5) is 0 Å². The Morgan fingerprint density at radius 1 is 1.41 bits per heavy atom. The quantitative estimate of drug-likeness (QED) is 0.828. The molecule has 1 saturated heterocycles. The molecule has 0 saturated carbocycles. The van der Waals surface area contributed by atoms with E-state index in [1.165, 1.54) is 48.9 Å². The second kappa shape index (κ2) is 6.02. The van der Waals surface area contributed by atoms with Gasteiger partial charge in [0.2, 0.25) is 0 Å². The molecule has 0 radical (unpaired) electrons. The van der Waals surface area contributed by atoms with Crippen molar-refractivity contribution in [2.75, 3.05) is 6.54 Å². The Bertz CT molecular complexity index is 386. The first-order chi connectivity index (χ1) is 8.24. The Kier molecular flexibility index (Phi) is 4.38. The van der Waals surface area contributed by atoms with Crippen LogP contribution in [0.2, 0.25) is 0 Å². The van der Waals surface area contributed by atoms with Gasteiger partial charge in [-0.05, 0) is 45.2 Å². The van der Waals surface area contributed by atoms with Gasteiger partial charge in [-0.2, -0.15) is 0 Å². The Balaban J connectivity index is 1.96. The van der Waals surface area contributed by atoms with Crippen LogP contribution >= 0.6 is 0 Å². The lowest BCUT2D eigenvalue weighted by Crippen LogP contribution is -2.33. The Morgan fingerprint density at radius 2 is 2.29 bits per heavy atom. The molecule has 1 nitrogen and oxygen atoms in total. The first kappa shape index (κ1) is 12.4. The highest BCUT2D eigenvalue weighted by atomic mass is 14.9. The highest BCUT2D eigenvalue weighted by molar-refractivity contribution is 5.53. The molecule has 0 aromatic heterocycles. The molecule has 1 aromatic rings. The topological polar surface area (TPSA) is 12.0 Å². The van der Waals surface area contributed by atoms with Crippen LogP contribution in [0, 0.1) is 6.92 Å². The minimum absolute atomic E-state index is 0.699. The molecule has 1 N–H and O–H groups in total. The van der Waals surface area contributed by atoms with Gasteiger partial charge in [0.05, 0.1) is 0 Å². The first-order valence-corrected chi connectivity index (χ1v) is 6.71. The van der Waals surface area contributed by atoms with Gasteiger partial charge in [-0.1, -0.05) is 47.9 Å². The highest BCUT2D eigenvalue weighted by Crippen LogP contribution is 2.17. The van der Waals surface area contributed by atoms with Gasteiger partial charge >= 0.3 is 0 Å². The van der Waals surface area contributed by atoms with Crippen molar-refractivity contribution in [3.05, 3.63) is 41.0 Å². The van der Waals surface area contributed by atoms with Crippen molar-refractivity contribution in [1.82, 2.24) is 5.32 Å². The van der Waals surface area contributed by atoms with Crippen molar-refractivity contribution >= 4 is 6.08 Å². The van der Waals surface area contributed by atoms with E-state index in [0.29, 0.717) is 6.04 Å². The van der Waals surface area contributed by atoms with Crippen molar-refractivity contribution in [2.45, 2.75) is 45.6 Å². The average molecular weight is 229 g/mol. The first-order valence-electron chi connectivity index (χ1n) is 6.71. The summed E-state index contributed by atoms with van der Waals surface area (Å²) in [5, 5.41) is 3.61. The molecule has 1 aromatic carbocycles. The fourth-order valence-electron chi connectivity index (χ4n) is 2.59. The molecule has 1 fully saturated rings. The molecule has 0 bridgehead atoms. The maximum Gasteiger partial charge on any atom is 0.0104 e. The monoisotopic (exact) mass is 229 g/mol. The van der Waals surface area contributed by atoms with E-state index in [2.05, 4.69) is 49.5 Å². The predicted octanol–water partition coefficient (Wildman–Crippen LogP) is 3.93. The number of rotatable bonds is 3. The second-order valence-corrected chi connectivity index (χ2v) is 5.26.